The van der Waals surface area contributed by atoms with E-state index in [9.17, 15) is 19.7 Å². The highest BCUT2D eigenvalue weighted by Crippen LogP contribution is 2.23. The number of aromatic nitrogens is 1. The fraction of sp³-hybridized carbons (Fsp3) is 0.273. The van der Waals surface area contributed by atoms with Gasteiger partial charge in [-0.05, 0) is 12.5 Å². The van der Waals surface area contributed by atoms with Gasteiger partial charge in [-0.25, -0.2) is 9.59 Å². The van der Waals surface area contributed by atoms with E-state index in [1.54, 1.807) is 6.92 Å². The molecule has 0 saturated heterocycles. The number of carbonyl (C=O) groups is 1. The molecule has 0 saturated carbocycles. The number of nitrogens with zero attached hydrogens (tertiary/aromatic N) is 2. The Bertz CT molecular complexity index is 714. The number of non-ortho nitro benzene ring substituents is 1. The Balaban J connectivity index is 2.75. The molecular formula is C11H10N2O6. The summed E-state index contributed by atoms with van der Waals surface area (Å²) in [4.78, 5) is 32.9. The average Bonchev–Trinajstić information content (AvgIpc) is 2.66. The van der Waals surface area contributed by atoms with Gasteiger partial charge < -0.3 is 9.52 Å². The Hall–Kier alpha value is -2.64. The van der Waals surface area contributed by atoms with Gasteiger partial charge in [0.2, 0.25) is 0 Å². The fourth-order valence-electron chi connectivity index (χ4n) is 1.90. The van der Waals surface area contributed by atoms with E-state index in [-0.39, 0.29) is 23.2 Å². The van der Waals surface area contributed by atoms with Crippen molar-refractivity contribution in [1.82, 2.24) is 4.57 Å². The number of fused-ring (bicyclic) bond motifs is 1. The molecule has 0 aliphatic carbocycles. The van der Waals surface area contributed by atoms with E-state index >= 15 is 0 Å². The molecule has 1 unspecified atom stereocenters. The van der Waals surface area contributed by atoms with Crippen molar-refractivity contribution in [3.8, 4) is 0 Å². The molecule has 2 aromatic rings. The molecule has 0 aliphatic heterocycles. The molecule has 1 N–H and O–H groups in total. The first-order valence-electron chi connectivity index (χ1n) is 5.48. The van der Waals surface area contributed by atoms with E-state index in [1.165, 1.54) is 12.1 Å². The zero-order chi connectivity index (χ0) is 14.2. The Morgan fingerprint density at radius 1 is 1.58 bits per heavy atom. The van der Waals surface area contributed by atoms with Gasteiger partial charge in [0, 0.05) is 12.1 Å². The second-order valence-corrected chi connectivity index (χ2v) is 3.91. The highest BCUT2D eigenvalue weighted by molar-refractivity contribution is 5.80. The van der Waals surface area contributed by atoms with Crippen molar-refractivity contribution in [2.24, 2.45) is 0 Å². The van der Waals surface area contributed by atoms with Crippen molar-refractivity contribution in [3.63, 3.8) is 0 Å². The van der Waals surface area contributed by atoms with Crippen LogP contribution in [0.2, 0.25) is 0 Å². The number of nitro groups is 1. The zero-order valence-corrected chi connectivity index (χ0v) is 9.90. The van der Waals surface area contributed by atoms with Gasteiger partial charge in [-0.3, -0.25) is 14.7 Å². The average molecular weight is 266 g/mol. The number of carboxylic acids is 1. The summed E-state index contributed by atoms with van der Waals surface area (Å²) in [5, 5.41) is 19.8. The Morgan fingerprint density at radius 2 is 2.26 bits per heavy atom. The molecule has 8 nitrogen and oxygen atoms in total. The van der Waals surface area contributed by atoms with Crippen molar-refractivity contribution in [1.29, 1.82) is 0 Å². The number of oxazole rings is 1. The van der Waals surface area contributed by atoms with Crippen molar-refractivity contribution in [2.45, 2.75) is 19.4 Å². The van der Waals surface area contributed by atoms with Crippen LogP contribution in [0.3, 0.4) is 0 Å². The van der Waals surface area contributed by atoms with Crippen molar-refractivity contribution in [3.05, 3.63) is 38.9 Å². The summed E-state index contributed by atoms with van der Waals surface area (Å²) in [6.45, 7) is 1.60. The van der Waals surface area contributed by atoms with E-state index in [1.807, 2.05) is 0 Å². The molecule has 100 valence electrons. The first-order chi connectivity index (χ1) is 8.95. The van der Waals surface area contributed by atoms with E-state index < -0.39 is 22.7 Å². The van der Waals surface area contributed by atoms with Crippen LogP contribution in [0.15, 0.2) is 27.4 Å². The first-order valence-corrected chi connectivity index (χ1v) is 5.48. The maximum atomic E-state index is 11.7. The van der Waals surface area contributed by atoms with Crippen molar-refractivity contribution in [2.75, 3.05) is 0 Å². The molecule has 2 rings (SSSR count). The molecule has 0 fully saturated rings. The number of hydrogen-bond donors (Lipinski definition) is 1. The predicted molar refractivity (Wildman–Crippen MR) is 64.1 cm³/mol. The highest BCUT2D eigenvalue weighted by Gasteiger charge is 2.24. The van der Waals surface area contributed by atoms with Crippen LogP contribution in [-0.2, 0) is 4.79 Å². The first kappa shape index (κ1) is 12.8. The van der Waals surface area contributed by atoms with Crippen molar-refractivity contribution < 1.29 is 19.2 Å². The van der Waals surface area contributed by atoms with Crippen LogP contribution in [-0.4, -0.2) is 20.6 Å². The zero-order valence-electron chi connectivity index (χ0n) is 9.90. The SMILES string of the molecule is CCC(C(=O)O)n1c(=O)oc2ccc([N+](=O)[O-])cc21. The highest BCUT2D eigenvalue weighted by atomic mass is 16.6. The third-order valence-electron chi connectivity index (χ3n) is 2.79. The molecular weight excluding hydrogens is 256 g/mol. The van der Waals surface area contributed by atoms with Gasteiger partial charge in [0.15, 0.2) is 5.58 Å². The van der Waals surface area contributed by atoms with Crippen LogP contribution in [0.5, 0.6) is 0 Å². The van der Waals surface area contributed by atoms with E-state index in [0.29, 0.717) is 0 Å². The molecule has 8 heteroatoms. The van der Waals surface area contributed by atoms with Crippen LogP contribution in [0.4, 0.5) is 5.69 Å². The molecule has 1 aromatic heterocycles. The largest absolute Gasteiger partial charge is 0.480 e. The number of rotatable bonds is 4. The topological polar surface area (TPSA) is 116 Å². The third-order valence-corrected chi connectivity index (χ3v) is 2.79. The molecule has 0 aliphatic rings. The number of hydrogen-bond acceptors (Lipinski definition) is 5. The lowest BCUT2D eigenvalue weighted by molar-refractivity contribution is -0.384. The quantitative estimate of drug-likeness (QED) is 0.662. The van der Waals surface area contributed by atoms with Gasteiger partial charge in [-0.1, -0.05) is 6.92 Å². The molecule has 1 atom stereocenters. The Labute approximate surface area is 106 Å². The van der Waals surface area contributed by atoms with E-state index in [2.05, 4.69) is 0 Å². The Morgan fingerprint density at radius 3 is 2.79 bits per heavy atom. The van der Waals surface area contributed by atoms with Gasteiger partial charge in [0.25, 0.3) is 5.69 Å². The molecule has 0 amide bonds. The molecule has 0 radical (unpaired) electrons. The van der Waals surface area contributed by atoms with Crippen LogP contribution < -0.4 is 5.76 Å². The summed E-state index contributed by atoms with van der Waals surface area (Å²) >= 11 is 0. The molecule has 0 spiro atoms. The third kappa shape index (κ3) is 2.07. The van der Waals surface area contributed by atoms with Crippen LogP contribution in [0.25, 0.3) is 11.1 Å². The second-order valence-electron chi connectivity index (χ2n) is 3.91. The number of benzene rings is 1. The molecule has 1 heterocycles. The van der Waals surface area contributed by atoms with Crippen LogP contribution in [0, 0.1) is 10.1 Å². The maximum Gasteiger partial charge on any atom is 0.420 e. The number of carboxylic acid groups (broad SMARTS) is 1. The standard InChI is InChI=1S/C11H10N2O6/c1-2-7(10(14)15)12-8-5-6(13(17)18)3-4-9(8)19-11(12)16/h3-5,7H,2H2,1H3,(H,14,15). The van der Waals surface area contributed by atoms with E-state index in [0.717, 1.165) is 10.6 Å². The van der Waals surface area contributed by atoms with Crippen LogP contribution >= 0.6 is 0 Å². The van der Waals surface area contributed by atoms with Gasteiger partial charge in [0.1, 0.15) is 6.04 Å². The summed E-state index contributed by atoms with van der Waals surface area (Å²) < 4.78 is 5.81. The van der Waals surface area contributed by atoms with E-state index in [4.69, 9.17) is 9.52 Å². The lowest BCUT2D eigenvalue weighted by Crippen LogP contribution is -2.26. The fourth-order valence-corrected chi connectivity index (χ4v) is 1.90. The number of nitro benzene ring substituents is 1. The normalized spacial score (nSPS) is 12.5. The minimum Gasteiger partial charge on any atom is -0.480 e. The van der Waals surface area contributed by atoms with Gasteiger partial charge in [-0.2, -0.15) is 0 Å². The molecule has 19 heavy (non-hydrogen) atoms. The summed E-state index contributed by atoms with van der Waals surface area (Å²) in [6.07, 6.45) is 0.159. The lowest BCUT2D eigenvalue weighted by Gasteiger charge is -2.10. The Kier molecular flexibility index (Phi) is 3.07. The van der Waals surface area contributed by atoms with Gasteiger partial charge >= 0.3 is 11.7 Å². The predicted octanol–water partition coefficient (Wildman–Crippen LogP) is 1.54. The monoisotopic (exact) mass is 266 g/mol. The molecule has 0 bridgehead atoms. The lowest BCUT2D eigenvalue weighted by atomic mass is 10.2. The van der Waals surface area contributed by atoms with Crippen LogP contribution in [0.1, 0.15) is 19.4 Å². The van der Waals surface area contributed by atoms with Crippen molar-refractivity contribution >= 4 is 22.8 Å². The maximum absolute atomic E-state index is 11.7. The number of aliphatic carboxylic acids is 1. The smallest absolute Gasteiger partial charge is 0.420 e. The summed E-state index contributed by atoms with van der Waals surface area (Å²) in [5.41, 5.74) is -0.00829. The van der Waals surface area contributed by atoms with Gasteiger partial charge in [-0.15, -0.1) is 0 Å². The molecule has 1 aromatic carbocycles. The van der Waals surface area contributed by atoms with Gasteiger partial charge in [0.05, 0.1) is 10.4 Å². The summed E-state index contributed by atoms with van der Waals surface area (Å²) in [6, 6.07) is 2.49. The summed E-state index contributed by atoms with van der Waals surface area (Å²) in [5.74, 6) is -2.04. The summed E-state index contributed by atoms with van der Waals surface area (Å²) in [7, 11) is 0. The minimum absolute atomic E-state index is 0.105. The minimum atomic E-state index is -1.20. The second kappa shape index (κ2) is 4.56.